The van der Waals surface area contributed by atoms with Gasteiger partial charge in [-0.25, -0.2) is 18.7 Å². The van der Waals surface area contributed by atoms with Crippen LogP contribution < -0.4 is 5.73 Å². The molecule has 0 atom stereocenters. The molecule has 0 radical (unpaired) electrons. The molecule has 0 amide bonds. The Bertz CT molecular complexity index is 738. The first-order valence-electron chi connectivity index (χ1n) is 5.62. The predicted molar refractivity (Wildman–Crippen MR) is 67.3 cm³/mol. The van der Waals surface area contributed by atoms with Crippen LogP contribution in [0.4, 0.5) is 14.7 Å². The van der Waals surface area contributed by atoms with Gasteiger partial charge in [-0.2, -0.15) is 0 Å². The monoisotopic (exact) mass is 274 g/mol. The minimum atomic E-state index is -0.712. The van der Waals surface area contributed by atoms with E-state index < -0.39 is 11.6 Å². The number of anilines is 1. The van der Waals surface area contributed by atoms with Gasteiger partial charge in [-0.1, -0.05) is 5.16 Å². The highest BCUT2D eigenvalue weighted by Crippen LogP contribution is 2.36. The van der Waals surface area contributed by atoms with Crippen molar-refractivity contribution in [3.05, 3.63) is 48.6 Å². The van der Waals surface area contributed by atoms with Gasteiger partial charge in [0.05, 0.1) is 5.56 Å². The van der Waals surface area contributed by atoms with E-state index in [0.717, 1.165) is 18.2 Å². The number of hydrogen-bond donors (Lipinski definition) is 1. The van der Waals surface area contributed by atoms with Gasteiger partial charge in [-0.05, 0) is 17.7 Å². The lowest BCUT2D eigenvalue weighted by atomic mass is 10.0. The standard InChI is InChI=1S/C13H8F2N4O/c14-9-1-7(2-10(15)3-9)11-12(19-20-13(11)16)8-4-17-6-18-5-8/h1-6H,16H2. The SMILES string of the molecule is Nc1onc(-c2cncnc2)c1-c1cc(F)cc(F)c1. The van der Waals surface area contributed by atoms with Gasteiger partial charge in [0, 0.05) is 24.0 Å². The molecule has 2 N–H and O–H groups in total. The van der Waals surface area contributed by atoms with Crippen molar-refractivity contribution >= 4 is 5.88 Å². The number of nitrogens with zero attached hydrogens (tertiary/aromatic N) is 3. The summed E-state index contributed by atoms with van der Waals surface area (Å²) >= 11 is 0. The van der Waals surface area contributed by atoms with Crippen LogP contribution in [-0.2, 0) is 0 Å². The summed E-state index contributed by atoms with van der Waals surface area (Å²) in [5, 5.41) is 3.80. The minimum absolute atomic E-state index is 0.0335. The number of hydrogen-bond acceptors (Lipinski definition) is 5. The van der Waals surface area contributed by atoms with Gasteiger partial charge in [0.1, 0.15) is 23.7 Å². The molecule has 3 rings (SSSR count). The van der Waals surface area contributed by atoms with E-state index in [9.17, 15) is 8.78 Å². The minimum Gasteiger partial charge on any atom is -0.367 e. The highest BCUT2D eigenvalue weighted by Gasteiger charge is 2.19. The normalized spacial score (nSPS) is 10.7. The first-order chi connectivity index (χ1) is 9.65. The van der Waals surface area contributed by atoms with Crippen molar-refractivity contribution in [3.8, 4) is 22.4 Å². The lowest BCUT2D eigenvalue weighted by molar-refractivity contribution is 0.439. The summed E-state index contributed by atoms with van der Waals surface area (Å²) in [5.41, 5.74) is 7.10. The van der Waals surface area contributed by atoms with E-state index in [1.807, 2.05) is 0 Å². The molecule has 0 aliphatic rings. The molecule has 0 fully saturated rings. The molecule has 1 aromatic carbocycles. The fraction of sp³-hybridized carbons (Fsp3) is 0. The first kappa shape index (κ1) is 12.2. The zero-order valence-corrected chi connectivity index (χ0v) is 10.0. The third-order valence-electron chi connectivity index (χ3n) is 2.70. The van der Waals surface area contributed by atoms with E-state index in [2.05, 4.69) is 15.1 Å². The van der Waals surface area contributed by atoms with Gasteiger partial charge in [-0.3, -0.25) is 0 Å². The summed E-state index contributed by atoms with van der Waals surface area (Å²) in [6.45, 7) is 0. The van der Waals surface area contributed by atoms with Crippen LogP contribution in [0.15, 0.2) is 41.4 Å². The highest BCUT2D eigenvalue weighted by molar-refractivity contribution is 5.86. The maximum atomic E-state index is 13.3. The second kappa shape index (κ2) is 4.69. The van der Waals surface area contributed by atoms with Crippen LogP contribution in [0.5, 0.6) is 0 Å². The fourth-order valence-electron chi connectivity index (χ4n) is 1.90. The van der Waals surface area contributed by atoms with E-state index in [0.29, 0.717) is 16.8 Å². The molecule has 0 aliphatic heterocycles. The van der Waals surface area contributed by atoms with Gasteiger partial charge in [0.15, 0.2) is 0 Å². The Hall–Kier alpha value is -2.83. The van der Waals surface area contributed by atoms with Crippen molar-refractivity contribution in [3.63, 3.8) is 0 Å². The number of rotatable bonds is 2. The van der Waals surface area contributed by atoms with Crippen molar-refractivity contribution in [2.45, 2.75) is 0 Å². The Morgan fingerprint density at radius 3 is 2.25 bits per heavy atom. The molecule has 0 saturated carbocycles. The van der Waals surface area contributed by atoms with Crippen molar-refractivity contribution in [2.24, 2.45) is 0 Å². The number of benzene rings is 1. The topological polar surface area (TPSA) is 77.8 Å². The summed E-state index contributed by atoms with van der Waals surface area (Å²) in [7, 11) is 0. The second-order valence-electron chi connectivity index (χ2n) is 4.06. The van der Waals surface area contributed by atoms with Crippen molar-refractivity contribution in [2.75, 3.05) is 5.73 Å². The van der Waals surface area contributed by atoms with Crippen LogP contribution in [0, 0.1) is 11.6 Å². The molecule has 0 spiro atoms. The molecule has 100 valence electrons. The Morgan fingerprint density at radius 2 is 1.60 bits per heavy atom. The van der Waals surface area contributed by atoms with E-state index in [-0.39, 0.29) is 11.4 Å². The summed E-state index contributed by atoms with van der Waals surface area (Å²) in [6, 6.07) is 3.08. The lowest BCUT2D eigenvalue weighted by Gasteiger charge is -2.03. The smallest absolute Gasteiger partial charge is 0.230 e. The van der Waals surface area contributed by atoms with Gasteiger partial charge >= 0.3 is 0 Å². The number of halogens is 2. The summed E-state index contributed by atoms with van der Waals surface area (Å²) in [4.78, 5) is 7.72. The molecular formula is C13H8F2N4O. The molecular weight excluding hydrogens is 266 g/mol. The van der Waals surface area contributed by atoms with Crippen LogP contribution in [0.25, 0.3) is 22.4 Å². The molecule has 5 nitrogen and oxygen atoms in total. The Kier molecular flexibility index (Phi) is 2.86. The molecule has 0 saturated heterocycles. The fourth-order valence-corrected chi connectivity index (χ4v) is 1.90. The van der Waals surface area contributed by atoms with Gasteiger partial charge in [-0.15, -0.1) is 0 Å². The third kappa shape index (κ3) is 2.09. The number of nitrogen functional groups attached to an aromatic ring is 1. The van der Waals surface area contributed by atoms with Crippen molar-refractivity contribution < 1.29 is 13.3 Å². The molecule has 2 heterocycles. The van der Waals surface area contributed by atoms with E-state index in [1.54, 1.807) is 0 Å². The average molecular weight is 274 g/mol. The number of aromatic nitrogens is 3. The molecule has 7 heteroatoms. The predicted octanol–water partition coefficient (Wildman–Crippen LogP) is 2.66. The van der Waals surface area contributed by atoms with E-state index >= 15 is 0 Å². The quantitative estimate of drug-likeness (QED) is 0.777. The molecule has 0 aliphatic carbocycles. The van der Waals surface area contributed by atoms with Crippen LogP contribution in [0.1, 0.15) is 0 Å². The van der Waals surface area contributed by atoms with Crippen LogP contribution in [0.3, 0.4) is 0 Å². The maximum absolute atomic E-state index is 13.3. The molecule has 3 aromatic rings. The summed E-state index contributed by atoms with van der Waals surface area (Å²) in [5.74, 6) is -1.46. The highest BCUT2D eigenvalue weighted by atomic mass is 19.1. The molecule has 0 unspecified atom stereocenters. The average Bonchev–Trinajstić information content (AvgIpc) is 2.80. The molecule has 20 heavy (non-hydrogen) atoms. The van der Waals surface area contributed by atoms with Gasteiger partial charge < -0.3 is 10.3 Å². The molecule has 0 bridgehead atoms. The maximum Gasteiger partial charge on any atom is 0.230 e. The summed E-state index contributed by atoms with van der Waals surface area (Å²) in [6.07, 6.45) is 4.36. The van der Waals surface area contributed by atoms with E-state index in [1.165, 1.54) is 18.7 Å². The first-order valence-corrected chi connectivity index (χ1v) is 5.62. The van der Waals surface area contributed by atoms with Crippen molar-refractivity contribution in [1.29, 1.82) is 0 Å². The van der Waals surface area contributed by atoms with Gasteiger partial charge in [0.2, 0.25) is 5.88 Å². The molecule has 2 aromatic heterocycles. The summed E-state index contributed by atoms with van der Waals surface area (Å²) < 4.78 is 31.6. The largest absolute Gasteiger partial charge is 0.367 e. The van der Waals surface area contributed by atoms with Crippen LogP contribution >= 0.6 is 0 Å². The Balaban J connectivity index is 2.22. The lowest BCUT2D eigenvalue weighted by Crippen LogP contribution is -1.91. The van der Waals surface area contributed by atoms with E-state index in [4.69, 9.17) is 10.3 Å². The zero-order chi connectivity index (χ0) is 14.1. The zero-order valence-electron chi connectivity index (χ0n) is 10.0. The van der Waals surface area contributed by atoms with Crippen LogP contribution in [0.2, 0.25) is 0 Å². The van der Waals surface area contributed by atoms with Crippen molar-refractivity contribution in [1.82, 2.24) is 15.1 Å². The second-order valence-corrected chi connectivity index (χ2v) is 4.06. The Labute approximate surface area is 112 Å². The van der Waals surface area contributed by atoms with Gasteiger partial charge in [0.25, 0.3) is 0 Å². The third-order valence-corrected chi connectivity index (χ3v) is 2.70. The number of nitrogens with two attached hydrogens (primary N) is 1. The van der Waals surface area contributed by atoms with Crippen LogP contribution in [-0.4, -0.2) is 15.1 Å². The Morgan fingerprint density at radius 1 is 0.950 bits per heavy atom.